The Morgan fingerprint density at radius 1 is 1.07 bits per heavy atom. The zero-order valence-corrected chi connectivity index (χ0v) is 16.3. The van der Waals surface area contributed by atoms with Crippen LogP contribution in [-0.2, 0) is 11.3 Å². The van der Waals surface area contributed by atoms with E-state index in [1.54, 1.807) is 41.4 Å². The molecule has 2 heterocycles. The highest BCUT2D eigenvalue weighted by molar-refractivity contribution is 7.99. The van der Waals surface area contributed by atoms with Gasteiger partial charge in [-0.15, -0.1) is 0 Å². The number of nitrogens with one attached hydrogen (secondary N) is 1. The maximum Gasteiger partial charge on any atom is 0.261 e. The van der Waals surface area contributed by atoms with Crippen molar-refractivity contribution >= 4 is 29.3 Å². The van der Waals surface area contributed by atoms with Crippen LogP contribution in [0.1, 0.15) is 22.3 Å². The quantitative estimate of drug-likeness (QED) is 0.693. The van der Waals surface area contributed by atoms with Crippen LogP contribution in [0.25, 0.3) is 0 Å². The number of carbonyl (C=O) groups excluding carboxylic acids is 2. The second-order valence-corrected chi connectivity index (χ2v) is 7.53. The first-order chi connectivity index (χ1) is 14.1. The van der Waals surface area contributed by atoms with Gasteiger partial charge in [0.2, 0.25) is 5.91 Å². The molecule has 0 atom stereocenters. The average molecular weight is 407 g/mol. The highest BCUT2D eigenvalue weighted by Crippen LogP contribution is 2.40. The molecular weight excluding hydrogens is 389 g/mol. The molecule has 4 rings (SSSR count). The predicted octanol–water partition coefficient (Wildman–Crippen LogP) is 4.04. The monoisotopic (exact) mass is 407 g/mol. The van der Waals surface area contributed by atoms with Crippen molar-refractivity contribution in [3.05, 3.63) is 83.8 Å². The summed E-state index contributed by atoms with van der Waals surface area (Å²) in [6.07, 6.45) is 1.77. The molecule has 1 aliphatic rings. The van der Waals surface area contributed by atoms with Crippen molar-refractivity contribution in [2.45, 2.75) is 22.9 Å². The van der Waals surface area contributed by atoms with Gasteiger partial charge >= 0.3 is 0 Å². The number of fused-ring (bicyclic) bond motifs is 2. The fraction of sp³-hybridized carbons (Fsp3) is 0.136. The Kier molecular flexibility index (Phi) is 5.57. The second kappa shape index (κ2) is 8.45. The van der Waals surface area contributed by atoms with Gasteiger partial charge in [0.1, 0.15) is 10.8 Å². The number of carbonyl (C=O) groups is 2. The Hall–Kier alpha value is -3.19. The number of para-hydroxylation sites is 1. The van der Waals surface area contributed by atoms with Gasteiger partial charge in [-0.1, -0.05) is 42.1 Å². The molecule has 3 aromatic rings. The molecule has 5 nitrogen and oxygen atoms in total. The van der Waals surface area contributed by atoms with Crippen molar-refractivity contribution in [2.24, 2.45) is 0 Å². The van der Waals surface area contributed by atoms with Crippen molar-refractivity contribution in [3.63, 3.8) is 0 Å². The van der Waals surface area contributed by atoms with Gasteiger partial charge in [-0.25, -0.2) is 9.37 Å². The molecule has 2 amide bonds. The maximum absolute atomic E-state index is 13.7. The third-order valence-electron chi connectivity index (χ3n) is 4.61. The molecule has 2 aromatic carbocycles. The predicted molar refractivity (Wildman–Crippen MR) is 109 cm³/mol. The summed E-state index contributed by atoms with van der Waals surface area (Å²) < 4.78 is 13.7. The SMILES string of the molecule is O=C(CCN1C(=O)c2cccnc2Sc2ccccc21)NCc1ccccc1F. The normalized spacial score (nSPS) is 12.7. The van der Waals surface area contributed by atoms with Crippen molar-refractivity contribution < 1.29 is 14.0 Å². The van der Waals surface area contributed by atoms with E-state index in [2.05, 4.69) is 10.3 Å². The van der Waals surface area contributed by atoms with Gasteiger partial charge in [-0.3, -0.25) is 9.59 Å². The molecule has 0 saturated carbocycles. The van der Waals surface area contributed by atoms with E-state index in [-0.39, 0.29) is 37.1 Å². The highest BCUT2D eigenvalue weighted by Gasteiger charge is 2.28. The topological polar surface area (TPSA) is 62.3 Å². The van der Waals surface area contributed by atoms with E-state index in [4.69, 9.17) is 0 Å². The minimum absolute atomic E-state index is 0.106. The summed E-state index contributed by atoms with van der Waals surface area (Å²) in [6, 6.07) is 17.4. The van der Waals surface area contributed by atoms with E-state index >= 15 is 0 Å². The average Bonchev–Trinajstić information content (AvgIpc) is 2.86. The lowest BCUT2D eigenvalue weighted by molar-refractivity contribution is -0.121. The number of aromatic nitrogens is 1. The molecule has 0 fully saturated rings. The minimum atomic E-state index is -0.356. The van der Waals surface area contributed by atoms with E-state index in [1.807, 2.05) is 24.3 Å². The fourth-order valence-electron chi connectivity index (χ4n) is 3.12. The lowest BCUT2D eigenvalue weighted by atomic mass is 10.2. The molecule has 29 heavy (non-hydrogen) atoms. The zero-order valence-electron chi connectivity index (χ0n) is 15.5. The first-order valence-corrected chi connectivity index (χ1v) is 9.99. The number of halogens is 1. The van der Waals surface area contributed by atoms with Crippen LogP contribution >= 0.6 is 11.8 Å². The summed E-state index contributed by atoms with van der Waals surface area (Å²) in [7, 11) is 0. The first kappa shape index (κ1) is 19.1. The largest absolute Gasteiger partial charge is 0.352 e. The van der Waals surface area contributed by atoms with Crippen molar-refractivity contribution in [2.75, 3.05) is 11.4 Å². The molecule has 0 aliphatic carbocycles. The van der Waals surface area contributed by atoms with Crippen LogP contribution in [0.2, 0.25) is 0 Å². The third kappa shape index (κ3) is 4.14. The number of hydrogen-bond acceptors (Lipinski definition) is 4. The summed E-state index contributed by atoms with van der Waals surface area (Å²) in [5.41, 5.74) is 1.69. The molecule has 0 spiro atoms. The number of rotatable bonds is 5. The van der Waals surface area contributed by atoms with Crippen molar-refractivity contribution in [1.29, 1.82) is 0 Å². The van der Waals surface area contributed by atoms with Crippen LogP contribution in [0.15, 0.2) is 76.8 Å². The van der Waals surface area contributed by atoms with E-state index in [9.17, 15) is 14.0 Å². The molecule has 0 saturated heterocycles. The lowest BCUT2D eigenvalue weighted by Gasteiger charge is -2.22. The standard InChI is InChI=1S/C22H18FN3O2S/c23-17-8-2-1-6-15(17)14-25-20(27)11-13-26-18-9-3-4-10-19(18)29-21-16(22(26)28)7-5-12-24-21/h1-10,12H,11,13-14H2,(H,25,27). The number of nitrogens with zero attached hydrogens (tertiary/aromatic N) is 2. The van der Waals surface area contributed by atoms with Gasteiger partial charge in [0.05, 0.1) is 11.3 Å². The lowest BCUT2D eigenvalue weighted by Crippen LogP contribution is -2.35. The highest BCUT2D eigenvalue weighted by atomic mass is 32.2. The van der Waals surface area contributed by atoms with Crippen molar-refractivity contribution in [3.8, 4) is 0 Å². The second-order valence-electron chi connectivity index (χ2n) is 6.50. The summed E-state index contributed by atoms with van der Waals surface area (Å²) in [5.74, 6) is -0.792. The summed E-state index contributed by atoms with van der Waals surface area (Å²) >= 11 is 1.44. The Balaban J connectivity index is 1.49. The minimum Gasteiger partial charge on any atom is -0.352 e. The molecule has 0 unspecified atom stereocenters. The van der Waals surface area contributed by atoms with Crippen LogP contribution in [0.3, 0.4) is 0 Å². The molecule has 1 N–H and O–H groups in total. The van der Waals surface area contributed by atoms with Gasteiger partial charge in [0.25, 0.3) is 5.91 Å². The van der Waals surface area contributed by atoms with Gasteiger partial charge in [-0.05, 0) is 30.3 Å². The van der Waals surface area contributed by atoms with E-state index < -0.39 is 0 Å². The van der Waals surface area contributed by atoms with E-state index in [1.165, 1.54) is 17.8 Å². The number of hydrogen-bond donors (Lipinski definition) is 1. The molecule has 7 heteroatoms. The van der Waals surface area contributed by atoms with Crippen LogP contribution in [0, 0.1) is 5.82 Å². The number of anilines is 1. The van der Waals surface area contributed by atoms with Crippen molar-refractivity contribution in [1.82, 2.24) is 10.3 Å². The number of pyridine rings is 1. The van der Waals surface area contributed by atoms with Gasteiger partial charge in [0, 0.05) is 36.2 Å². The van der Waals surface area contributed by atoms with Crippen LogP contribution < -0.4 is 10.2 Å². The molecule has 146 valence electrons. The van der Waals surface area contributed by atoms with E-state index in [0.29, 0.717) is 16.2 Å². The third-order valence-corrected chi connectivity index (χ3v) is 5.69. The van der Waals surface area contributed by atoms with Gasteiger partial charge < -0.3 is 10.2 Å². The molecule has 1 aromatic heterocycles. The summed E-state index contributed by atoms with van der Waals surface area (Å²) in [4.78, 5) is 32.3. The molecule has 0 bridgehead atoms. The Labute approximate surface area is 172 Å². The van der Waals surface area contributed by atoms with E-state index in [0.717, 1.165) is 10.6 Å². The number of amides is 2. The first-order valence-electron chi connectivity index (χ1n) is 9.17. The molecule has 1 aliphatic heterocycles. The van der Waals surface area contributed by atoms with Crippen LogP contribution in [-0.4, -0.2) is 23.3 Å². The van der Waals surface area contributed by atoms with Gasteiger partial charge in [0.15, 0.2) is 0 Å². The van der Waals surface area contributed by atoms with Crippen LogP contribution in [0.5, 0.6) is 0 Å². The number of benzene rings is 2. The molecular formula is C22H18FN3O2S. The maximum atomic E-state index is 13.7. The Morgan fingerprint density at radius 3 is 2.72 bits per heavy atom. The fourth-order valence-corrected chi connectivity index (χ4v) is 4.14. The Morgan fingerprint density at radius 2 is 1.86 bits per heavy atom. The summed E-state index contributed by atoms with van der Waals surface area (Å²) in [5, 5.41) is 3.37. The summed E-state index contributed by atoms with van der Waals surface area (Å²) in [6.45, 7) is 0.326. The molecule has 0 radical (unpaired) electrons. The van der Waals surface area contributed by atoms with Crippen LogP contribution in [0.4, 0.5) is 10.1 Å². The Bertz CT molecular complexity index is 1070. The smallest absolute Gasteiger partial charge is 0.261 e. The van der Waals surface area contributed by atoms with Gasteiger partial charge in [-0.2, -0.15) is 0 Å². The zero-order chi connectivity index (χ0) is 20.2.